The van der Waals surface area contributed by atoms with E-state index in [9.17, 15) is 14.3 Å². The zero-order chi connectivity index (χ0) is 18.5. The van der Waals surface area contributed by atoms with Gasteiger partial charge in [-0.1, -0.05) is 12.1 Å². The summed E-state index contributed by atoms with van der Waals surface area (Å²) in [6.45, 7) is 1.75. The summed E-state index contributed by atoms with van der Waals surface area (Å²) in [4.78, 5) is 16.3. The summed E-state index contributed by atoms with van der Waals surface area (Å²) >= 11 is 0. The van der Waals surface area contributed by atoms with E-state index in [-0.39, 0.29) is 24.5 Å². The van der Waals surface area contributed by atoms with Crippen molar-refractivity contribution in [1.29, 1.82) is 0 Å². The average Bonchev–Trinajstić information content (AvgIpc) is 2.65. The molecule has 2 aromatic carbocycles. The SMILES string of the molecule is CN1CCN(C(=O)Nc2ccccc2Oc2ccc(F)cc2)C[C@H]1CO. The summed E-state index contributed by atoms with van der Waals surface area (Å²) in [7, 11) is 1.93. The van der Waals surface area contributed by atoms with Crippen LogP contribution in [0.2, 0.25) is 0 Å². The van der Waals surface area contributed by atoms with Crippen molar-refractivity contribution in [2.24, 2.45) is 0 Å². The third-order valence-corrected chi connectivity index (χ3v) is 4.45. The van der Waals surface area contributed by atoms with E-state index in [2.05, 4.69) is 5.32 Å². The molecule has 0 aromatic heterocycles. The molecule has 1 aliphatic rings. The van der Waals surface area contributed by atoms with Gasteiger partial charge >= 0.3 is 6.03 Å². The van der Waals surface area contributed by atoms with Gasteiger partial charge in [0.25, 0.3) is 0 Å². The Morgan fingerprint density at radius 1 is 1.23 bits per heavy atom. The van der Waals surface area contributed by atoms with E-state index in [1.807, 2.05) is 11.9 Å². The van der Waals surface area contributed by atoms with Gasteiger partial charge in [0, 0.05) is 19.6 Å². The minimum atomic E-state index is -0.340. The van der Waals surface area contributed by atoms with Crippen LogP contribution >= 0.6 is 0 Å². The zero-order valence-electron chi connectivity index (χ0n) is 14.6. The number of anilines is 1. The maximum absolute atomic E-state index is 13.0. The molecule has 0 bridgehead atoms. The number of likely N-dealkylation sites (N-methyl/N-ethyl adjacent to an activating group) is 1. The molecule has 138 valence electrons. The average molecular weight is 359 g/mol. The third kappa shape index (κ3) is 4.30. The molecule has 2 N–H and O–H groups in total. The molecule has 0 unspecified atom stereocenters. The smallest absolute Gasteiger partial charge is 0.322 e. The van der Waals surface area contributed by atoms with Gasteiger partial charge < -0.3 is 20.1 Å². The van der Waals surface area contributed by atoms with Gasteiger partial charge in [0.15, 0.2) is 5.75 Å². The van der Waals surface area contributed by atoms with Gasteiger partial charge in [-0.15, -0.1) is 0 Å². The van der Waals surface area contributed by atoms with E-state index in [1.165, 1.54) is 24.3 Å². The maximum Gasteiger partial charge on any atom is 0.322 e. The quantitative estimate of drug-likeness (QED) is 0.881. The van der Waals surface area contributed by atoms with Gasteiger partial charge in [0.1, 0.15) is 11.6 Å². The van der Waals surface area contributed by atoms with Gasteiger partial charge in [0.2, 0.25) is 0 Å². The van der Waals surface area contributed by atoms with Crippen LogP contribution in [0.15, 0.2) is 48.5 Å². The summed E-state index contributed by atoms with van der Waals surface area (Å²) in [6, 6.07) is 12.5. The molecule has 0 aliphatic carbocycles. The highest BCUT2D eigenvalue weighted by molar-refractivity contribution is 5.91. The lowest BCUT2D eigenvalue weighted by molar-refractivity contribution is 0.0754. The number of ether oxygens (including phenoxy) is 1. The number of para-hydroxylation sites is 2. The van der Waals surface area contributed by atoms with E-state index in [4.69, 9.17) is 4.74 Å². The zero-order valence-corrected chi connectivity index (χ0v) is 14.6. The summed E-state index contributed by atoms with van der Waals surface area (Å²) in [5.74, 6) is 0.612. The number of nitrogens with zero attached hydrogens (tertiary/aromatic N) is 2. The first-order valence-corrected chi connectivity index (χ1v) is 8.46. The van der Waals surface area contributed by atoms with Crippen molar-refractivity contribution in [2.75, 3.05) is 38.6 Å². The molecule has 7 heteroatoms. The molecule has 0 radical (unpaired) electrons. The van der Waals surface area contributed by atoms with E-state index in [1.54, 1.807) is 29.2 Å². The number of carbonyl (C=O) groups excluding carboxylic acids is 1. The first-order valence-electron chi connectivity index (χ1n) is 8.46. The Hall–Kier alpha value is -2.64. The fourth-order valence-corrected chi connectivity index (χ4v) is 2.81. The van der Waals surface area contributed by atoms with Crippen molar-refractivity contribution >= 4 is 11.7 Å². The third-order valence-electron chi connectivity index (χ3n) is 4.45. The monoisotopic (exact) mass is 359 g/mol. The van der Waals surface area contributed by atoms with Crippen LogP contribution in [0.5, 0.6) is 11.5 Å². The van der Waals surface area contributed by atoms with E-state index < -0.39 is 0 Å². The van der Waals surface area contributed by atoms with E-state index in [0.29, 0.717) is 36.8 Å². The second-order valence-electron chi connectivity index (χ2n) is 6.25. The summed E-state index contributed by atoms with van der Waals surface area (Å²) in [6.07, 6.45) is 0. The van der Waals surface area contributed by atoms with Gasteiger partial charge in [0.05, 0.1) is 18.3 Å². The molecule has 3 rings (SSSR count). The van der Waals surface area contributed by atoms with Crippen LogP contribution in [0, 0.1) is 5.82 Å². The molecular weight excluding hydrogens is 337 g/mol. The highest BCUT2D eigenvalue weighted by atomic mass is 19.1. The standard InChI is InChI=1S/C19H22FN3O3/c1-22-10-11-23(12-15(22)13-24)19(25)21-17-4-2-3-5-18(17)26-16-8-6-14(20)7-9-16/h2-9,15,24H,10-13H2,1H3,(H,21,25)/t15-/m0/s1. The normalized spacial score (nSPS) is 17.8. The minimum Gasteiger partial charge on any atom is -0.455 e. The first kappa shape index (κ1) is 18.2. The number of rotatable bonds is 4. The van der Waals surface area contributed by atoms with Crippen LogP contribution < -0.4 is 10.1 Å². The molecule has 1 atom stereocenters. The molecule has 1 fully saturated rings. The lowest BCUT2D eigenvalue weighted by Gasteiger charge is -2.38. The fourth-order valence-electron chi connectivity index (χ4n) is 2.81. The summed E-state index contributed by atoms with van der Waals surface area (Å²) in [5.41, 5.74) is 0.529. The number of urea groups is 1. The van der Waals surface area contributed by atoms with Gasteiger partial charge in [-0.25, -0.2) is 9.18 Å². The van der Waals surface area contributed by atoms with Crippen molar-refractivity contribution in [3.63, 3.8) is 0 Å². The second kappa shape index (κ2) is 8.16. The highest BCUT2D eigenvalue weighted by Crippen LogP contribution is 2.29. The fraction of sp³-hybridized carbons (Fsp3) is 0.316. The van der Waals surface area contributed by atoms with Crippen molar-refractivity contribution < 1.29 is 19.0 Å². The number of carbonyl (C=O) groups is 1. The predicted octanol–water partition coefficient (Wildman–Crippen LogP) is 2.76. The second-order valence-corrected chi connectivity index (χ2v) is 6.25. The van der Waals surface area contributed by atoms with Crippen molar-refractivity contribution in [1.82, 2.24) is 9.80 Å². The summed E-state index contributed by atoms with van der Waals surface area (Å²) in [5, 5.41) is 12.3. The maximum atomic E-state index is 13.0. The van der Waals surface area contributed by atoms with Crippen LogP contribution in [0.3, 0.4) is 0 Å². The molecule has 26 heavy (non-hydrogen) atoms. The van der Waals surface area contributed by atoms with Gasteiger partial charge in [-0.2, -0.15) is 0 Å². The van der Waals surface area contributed by atoms with Gasteiger partial charge in [-0.05, 0) is 43.4 Å². The van der Waals surface area contributed by atoms with Crippen LogP contribution in [0.1, 0.15) is 0 Å². The van der Waals surface area contributed by atoms with Gasteiger partial charge in [-0.3, -0.25) is 4.90 Å². The number of nitrogens with one attached hydrogen (secondary N) is 1. The number of aliphatic hydroxyl groups excluding tert-OH is 1. The lowest BCUT2D eigenvalue weighted by Crippen LogP contribution is -2.55. The largest absolute Gasteiger partial charge is 0.455 e. The minimum absolute atomic E-state index is 0.00451. The molecule has 2 amide bonds. The molecule has 1 saturated heterocycles. The Labute approximate surface area is 151 Å². The Morgan fingerprint density at radius 2 is 1.96 bits per heavy atom. The number of piperazine rings is 1. The molecule has 1 aliphatic heterocycles. The molecular formula is C19H22FN3O3. The first-order chi connectivity index (χ1) is 12.6. The van der Waals surface area contributed by atoms with Crippen LogP contribution in [-0.2, 0) is 0 Å². The number of benzene rings is 2. The number of halogens is 1. The Morgan fingerprint density at radius 3 is 2.69 bits per heavy atom. The molecule has 2 aromatic rings. The van der Waals surface area contributed by atoms with Crippen molar-refractivity contribution in [3.05, 3.63) is 54.3 Å². The van der Waals surface area contributed by atoms with E-state index in [0.717, 1.165) is 0 Å². The number of hydrogen-bond donors (Lipinski definition) is 2. The molecule has 0 saturated carbocycles. The molecule has 0 spiro atoms. The Bertz CT molecular complexity index is 754. The number of hydrogen-bond acceptors (Lipinski definition) is 4. The lowest BCUT2D eigenvalue weighted by atomic mass is 10.2. The van der Waals surface area contributed by atoms with Crippen LogP contribution in [0.4, 0.5) is 14.9 Å². The molecule has 6 nitrogen and oxygen atoms in total. The highest BCUT2D eigenvalue weighted by Gasteiger charge is 2.27. The van der Waals surface area contributed by atoms with Crippen molar-refractivity contribution in [3.8, 4) is 11.5 Å². The summed E-state index contributed by atoms with van der Waals surface area (Å²) < 4.78 is 18.8. The Balaban J connectivity index is 1.69. The topological polar surface area (TPSA) is 65.0 Å². The Kier molecular flexibility index (Phi) is 5.70. The molecule has 1 heterocycles. The van der Waals surface area contributed by atoms with Crippen LogP contribution in [-0.4, -0.2) is 60.3 Å². The van der Waals surface area contributed by atoms with Crippen molar-refractivity contribution in [2.45, 2.75) is 6.04 Å². The predicted molar refractivity (Wildman–Crippen MR) is 97.0 cm³/mol. The van der Waals surface area contributed by atoms with E-state index >= 15 is 0 Å². The number of aliphatic hydroxyl groups is 1. The van der Waals surface area contributed by atoms with Crippen LogP contribution in [0.25, 0.3) is 0 Å². The number of amides is 2.